The molecule has 0 bridgehead atoms. The first-order chi connectivity index (χ1) is 23.4. The van der Waals surface area contributed by atoms with Crippen LogP contribution in [0.2, 0.25) is 10.0 Å². The first-order valence-corrected chi connectivity index (χ1v) is 16.1. The summed E-state index contributed by atoms with van der Waals surface area (Å²) in [4.78, 5) is 56.8. The standard InChI is InChI=1S/C34H31Cl2F2N5O6/c1-5-49-33(46)17-13-43(14-17)24-11-6-16-12-23(40-31(48-4)25(16)24)18-7-8-20(37)26(28(18)35)27-21(38)9-10-22(29(27)36)39-30(44)19-15-41(2)34(47)42(3)32(19)45/h7-10,12,15,17,24H,5-6,11,13-14H2,1-4H3,(H,39,44). The zero-order valence-electron chi connectivity index (χ0n) is 26.9. The van der Waals surface area contributed by atoms with Gasteiger partial charge in [-0.25, -0.2) is 18.6 Å². The molecule has 2 aromatic carbocycles. The Bertz CT molecular complexity index is 2150. The Morgan fingerprint density at radius 2 is 1.71 bits per heavy atom. The lowest BCUT2D eigenvalue weighted by Gasteiger charge is -2.42. The molecule has 15 heteroatoms. The number of hydrogen-bond donors (Lipinski definition) is 1. The topological polar surface area (TPSA) is 125 Å². The fourth-order valence-corrected chi connectivity index (χ4v) is 7.07. The van der Waals surface area contributed by atoms with E-state index in [4.69, 9.17) is 37.7 Å². The number of halogens is 4. The van der Waals surface area contributed by atoms with Gasteiger partial charge in [0.15, 0.2) is 0 Å². The molecule has 1 aliphatic carbocycles. The summed E-state index contributed by atoms with van der Waals surface area (Å²) in [5, 5.41) is 1.90. The summed E-state index contributed by atoms with van der Waals surface area (Å²) in [6, 6.07) is 6.52. The van der Waals surface area contributed by atoms with Gasteiger partial charge in [-0.3, -0.25) is 23.9 Å². The molecule has 1 atom stereocenters. The summed E-state index contributed by atoms with van der Waals surface area (Å²) >= 11 is 13.4. The zero-order chi connectivity index (χ0) is 35.3. The van der Waals surface area contributed by atoms with E-state index in [2.05, 4.69) is 10.2 Å². The van der Waals surface area contributed by atoms with Gasteiger partial charge in [-0.15, -0.1) is 0 Å². The predicted octanol–water partition coefficient (Wildman–Crippen LogP) is 5.14. The molecular formula is C34H31Cl2F2N5O6. The number of nitrogens with one attached hydrogen (secondary N) is 1. The van der Waals surface area contributed by atoms with Crippen molar-refractivity contribution in [2.45, 2.75) is 25.8 Å². The van der Waals surface area contributed by atoms with Gasteiger partial charge in [-0.1, -0.05) is 23.2 Å². The van der Waals surface area contributed by atoms with Gasteiger partial charge in [-0.05, 0) is 55.7 Å². The van der Waals surface area contributed by atoms with Crippen molar-refractivity contribution < 1.29 is 27.8 Å². The Morgan fingerprint density at radius 3 is 2.39 bits per heavy atom. The smallest absolute Gasteiger partial charge is 0.330 e. The van der Waals surface area contributed by atoms with Crippen LogP contribution in [0.4, 0.5) is 14.5 Å². The molecule has 3 heterocycles. The Hall–Kier alpha value is -4.59. The second kappa shape index (κ2) is 13.4. The fraction of sp³-hybridized carbons (Fsp3) is 0.324. The highest BCUT2D eigenvalue weighted by Crippen LogP contribution is 2.47. The maximum Gasteiger partial charge on any atom is 0.330 e. The summed E-state index contributed by atoms with van der Waals surface area (Å²) < 4.78 is 43.7. The van der Waals surface area contributed by atoms with E-state index in [1.807, 2.05) is 6.07 Å². The van der Waals surface area contributed by atoms with E-state index in [1.165, 1.54) is 27.3 Å². The van der Waals surface area contributed by atoms with E-state index >= 15 is 8.78 Å². The number of rotatable bonds is 8. The number of benzene rings is 2. The highest BCUT2D eigenvalue weighted by molar-refractivity contribution is 6.39. The van der Waals surface area contributed by atoms with Crippen molar-refractivity contribution >= 4 is 40.8 Å². The lowest BCUT2D eigenvalue weighted by atomic mass is 9.95. The third-order valence-electron chi connectivity index (χ3n) is 8.94. The number of pyridine rings is 1. The van der Waals surface area contributed by atoms with Crippen molar-refractivity contribution in [3.63, 3.8) is 0 Å². The summed E-state index contributed by atoms with van der Waals surface area (Å²) in [5.74, 6) is -2.75. The lowest BCUT2D eigenvalue weighted by Crippen LogP contribution is -2.51. The molecule has 2 aromatic heterocycles. The average Bonchev–Trinajstić information content (AvgIpc) is 3.47. The Morgan fingerprint density at radius 1 is 1.04 bits per heavy atom. The van der Waals surface area contributed by atoms with Crippen LogP contribution in [0.3, 0.4) is 0 Å². The van der Waals surface area contributed by atoms with E-state index in [0.717, 1.165) is 51.1 Å². The Kier molecular flexibility index (Phi) is 9.36. The number of methoxy groups -OCH3 is 1. The van der Waals surface area contributed by atoms with E-state index in [1.54, 1.807) is 6.92 Å². The van der Waals surface area contributed by atoms with Gasteiger partial charge in [0, 0.05) is 61.7 Å². The number of amides is 1. The number of ether oxygens (including phenoxy) is 2. The molecule has 11 nitrogen and oxygen atoms in total. The van der Waals surface area contributed by atoms with Crippen LogP contribution in [0.25, 0.3) is 22.4 Å². The highest BCUT2D eigenvalue weighted by atomic mass is 35.5. The average molecular weight is 715 g/mol. The fourth-order valence-electron chi connectivity index (χ4n) is 6.43. The molecule has 1 aliphatic heterocycles. The molecule has 256 valence electrons. The molecular weight excluding hydrogens is 683 g/mol. The minimum atomic E-state index is -0.919. The molecule has 1 fully saturated rings. The number of aromatic nitrogens is 3. The van der Waals surface area contributed by atoms with Gasteiger partial charge in [0.1, 0.15) is 17.2 Å². The van der Waals surface area contributed by atoms with Gasteiger partial charge >= 0.3 is 11.7 Å². The van der Waals surface area contributed by atoms with Crippen LogP contribution in [0.15, 0.2) is 46.1 Å². The maximum atomic E-state index is 15.6. The number of nitrogens with zero attached hydrogens (tertiary/aromatic N) is 4. The number of fused-ring (bicyclic) bond motifs is 1. The van der Waals surface area contributed by atoms with Gasteiger partial charge < -0.3 is 19.4 Å². The van der Waals surface area contributed by atoms with Crippen molar-refractivity contribution in [2.24, 2.45) is 20.0 Å². The normalized spacial score (nSPS) is 15.9. The van der Waals surface area contributed by atoms with Gasteiger partial charge in [-0.2, -0.15) is 0 Å². The molecule has 0 radical (unpaired) electrons. The van der Waals surface area contributed by atoms with E-state index in [0.29, 0.717) is 37.7 Å². The summed E-state index contributed by atoms with van der Waals surface area (Å²) in [6.07, 6.45) is 2.54. The quantitative estimate of drug-likeness (QED) is 0.249. The third-order valence-corrected chi connectivity index (χ3v) is 9.73. The van der Waals surface area contributed by atoms with Gasteiger partial charge in [0.05, 0.1) is 41.1 Å². The molecule has 49 heavy (non-hydrogen) atoms. The molecule has 1 saturated heterocycles. The van der Waals surface area contributed by atoms with Crippen molar-refractivity contribution in [2.75, 3.05) is 32.1 Å². The second-order valence-electron chi connectivity index (χ2n) is 11.9. The van der Waals surface area contributed by atoms with Crippen LogP contribution in [-0.2, 0) is 30.0 Å². The number of carbonyl (C=O) groups is 2. The lowest BCUT2D eigenvalue weighted by molar-refractivity contribution is -0.155. The van der Waals surface area contributed by atoms with Crippen LogP contribution in [0.5, 0.6) is 5.88 Å². The number of aryl methyl sites for hydroxylation is 2. The largest absolute Gasteiger partial charge is 0.481 e. The Labute approximate surface area is 289 Å². The zero-order valence-corrected chi connectivity index (χ0v) is 28.4. The monoisotopic (exact) mass is 713 g/mol. The predicted molar refractivity (Wildman–Crippen MR) is 179 cm³/mol. The molecule has 6 rings (SSSR count). The summed E-state index contributed by atoms with van der Waals surface area (Å²) in [6.45, 7) is 3.23. The van der Waals surface area contributed by atoms with Crippen LogP contribution in [-0.4, -0.2) is 57.7 Å². The highest BCUT2D eigenvalue weighted by Gasteiger charge is 2.42. The molecule has 1 amide bonds. The van der Waals surface area contributed by atoms with Crippen molar-refractivity contribution in [3.05, 3.63) is 95.7 Å². The molecule has 0 spiro atoms. The third kappa shape index (κ3) is 6.00. The molecule has 1 unspecified atom stereocenters. The van der Waals surface area contributed by atoms with Crippen molar-refractivity contribution in [1.29, 1.82) is 0 Å². The van der Waals surface area contributed by atoms with Crippen LogP contribution in [0.1, 0.15) is 40.9 Å². The summed E-state index contributed by atoms with van der Waals surface area (Å²) in [5.41, 5.74) is -0.262. The molecule has 0 saturated carbocycles. The molecule has 2 aliphatic rings. The number of esters is 1. The van der Waals surface area contributed by atoms with Crippen molar-refractivity contribution in [1.82, 2.24) is 19.0 Å². The van der Waals surface area contributed by atoms with Crippen LogP contribution in [0, 0.1) is 17.6 Å². The number of anilines is 1. The molecule has 1 N–H and O–H groups in total. The van der Waals surface area contributed by atoms with E-state index < -0.39 is 34.4 Å². The van der Waals surface area contributed by atoms with Crippen LogP contribution < -0.4 is 21.3 Å². The molecule has 4 aromatic rings. The maximum absolute atomic E-state index is 15.6. The number of hydrogen-bond acceptors (Lipinski definition) is 8. The van der Waals surface area contributed by atoms with Crippen molar-refractivity contribution in [3.8, 4) is 28.3 Å². The van der Waals surface area contributed by atoms with Crippen LogP contribution >= 0.6 is 23.2 Å². The van der Waals surface area contributed by atoms with E-state index in [9.17, 15) is 19.2 Å². The first-order valence-electron chi connectivity index (χ1n) is 15.4. The van der Waals surface area contributed by atoms with Gasteiger partial charge in [0.25, 0.3) is 11.5 Å². The van der Waals surface area contributed by atoms with E-state index in [-0.39, 0.29) is 50.4 Å². The second-order valence-corrected chi connectivity index (χ2v) is 12.6. The van der Waals surface area contributed by atoms with Gasteiger partial charge in [0.2, 0.25) is 5.88 Å². The number of carbonyl (C=O) groups excluding carboxylic acids is 2. The SMILES string of the molecule is CCOC(=O)C1CN(C2CCc3cc(-c4ccc(F)c(-c5c(F)ccc(NC(=O)c6cn(C)c(=O)n(C)c6=O)c5Cl)c4Cl)nc(OC)c32)C1. The Balaban J connectivity index is 1.35. The number of likely N-dealkylation sites (tertiary alicyclic amines) is 1. The first kappa shape index (κ1) is 34.3. The minimum Gasteiger partial charge on any atom is -0.481 e. The minimum absolute atomic E-state index is 0.0109. The summed E-state index contributed by atoms with van der Waals surface area (Å²) in [7, 11) is 4.09.